The third-order valence-corrected chi connectivity index (χ3v) is 5.95. The maximum Gasteiger partial charge on any atom is 0.289 e. The molecule has 1 aromatic heterocycles. The number of benzene rings is 1. The SMILES string of the molecule is Cl.O=C(c1occc1CSc1ccccc1)N1CCC2CCC(C1)N2. The molecule has 4 rings (SSSR count). The molecule has 2 unspecified atom stereocenters. The van der Waals surface area contributed by atoms with E-state index in [-0.39, 0.29) is 18.3 Å². The Bertz CT molecular complexity index is 706. The second-order valence-electron chi connectivity index (χ2n) is 6.55. The van der Waals surface area contributed by atoms with Crippen molar-refractivity contribution in [3.63, 3.8) is 0 Å². The number of carbonyl (C=O) groups excluding carboxylic acids is 1. The van der Waals surface area contributed by atoms with Crippen molar-refractivity contribution in [2.24, 2.45) is 0 Å². The summed E-state index contributed by atoms with van der Waals surface area (Å²) in [6, 6.07) is 13.2. The third-order valence-electron chi connectivity index (χ3n) is 4.89. The predicted octanol–water partition coefficient (Wildman–Crippen LogP) is 3.96. The quantitative estimate of drug-likeness (QED) is 0.818. The average molecular weight is 379 g/mol. The first-order valence-electron chi connectivity index (χ1n) is 8.59. The van der Waals surface area contributed by atoms with E-state index in [0.29, 0.717) is 17.8 Å². The lowest BCUT2D eigenvalue weighted by atomic mass is 10.1. The van der Waals surface area contributed by atoms with Crippen LogP contribution in [0.25, 0.3) is 0 Å². The molecule has 25 heavy (non-hydrogen) atoms. The molecule has 2 atom stereocenters. The van der Waals surface area contributed by atoms with Crippen molar-refractivity contribution in [3.8, 4) is 0 Å². The van der Waals surface area contributed by atoms with E-state index in [0.717, 1.165) is 30.8 Å². The molecule has 2 aliphatic heterocycles. The number of amides is 1. The summed E-state index contributed by atoms with van der Waals surface area (Å²) >= 11 is 1.73. The number of hydrogen-bond acceptors (Lipinski definition) is 4. The van der Waals surface area contributed by atoms with Crippen molar-refractivity contribution in [2.75, 3.05) is 13.1 Å². The lowest BCUT2D eigenvalue weighted by molar-refractivity contribution is 0.0715. The number of nitrogens with zero attached hydrogens (tertiary/aromatic N) is 1. The van der Waals surface area contributed by atoms with Gasteiger partial charge in [-0.1, -0.05) is 18.2 Å². The number of thioether (sulfide) groups is 1. The Morgan fingerprint density at radius 1 is 1.16 bits per heavy atom. The molecule has 2 saturated heterocycles. The molecule has 3 heterocycles. The van der Waals surface area contributed by atoms with Crippen molar-refractivity contribution in [1.29, 1.82) is 0 Å². The highest BCUT2D eigenvalue weighted by atomic mass is 35.5. The van der Waals surface area contributed by atoms with Crippen LogP contribution in [0.3, 0.4) is 0 Å². The number of halogens is 1. The van der Waals surface area contributed by atoms with Crippen molar-refractivity contribution in [2.45, 2.75) is 42.0 Å². The molecule has 0 spiro atoms. The maximum atomic E-state index is 12.9. The number of nitrogens with one attached hydrogen (secondary N) is 1. The van der Waals surface area contributed by atoms with E-state index in [1.165, 1.54) is 17.7 Å². The number of hydrogen-bond donors (Lipinski definition) is 1. The van der Waals surface area contributed by atoms with Crippen molar-refractivity contribution >= 4 is 30.1 Å². The highest BCUT2D eigenvalue weighted by Crippen LogP contribution is 2.27. The molecule has 2 bridgehead atoms. The van der Waals surface area contributed by atoms with Crippen LogP contribution in [-0.2, 0) is 5.75 Å². The topological polar surface area (TPSA) is 45.5 Å². The Kier molecular flexibility index (Phi) is 6.10. The zero-order valence-electron chi connectivity index (χ0n) is 14.0. The van der Waals surface area contributed by atoms with E-state index >= 15 is 0 Å². The molecule has 0 saturated carbocycles. The summed E-state index contributed by atoms with van der Waals surface area (Å²) in [4.78, 5) is 16.1. The smallest absolute Gasteiger partial charge is 0.289 e. The molecular formula is C19H23ClN2O2S. The second-order valence-corrected chi connectivity index (χ2v) is 7.60. The zero-order valence-corrected chi connectivity index (χ0v) is 15.7. The highest BCUT2D eigenvalue weighted by molar-refractivity contribution is 7.98. The fourth-order valence-corrected chi connectivity index (χ4v) is 4.48. The summed E-state index contributed by atoms with van der Waals surface area (Å²) < 4.78 is 5.56. The number of likely N-dealkylation sites (tertiary alicyclic amines) is 1. The van der Waals surface area contributed by atoms with E-state index in [1.807, 2.05) is 29.2 Å². The second kappa shape index (κ2) is 8.30. The largest absolute Gasteiger partial charge is 0.459 e. The third kappa shape index (κ3) is 4.22. The summed E-state index contributed by atoms with van der Waals surface area (Å²) in [6.07, 6.45) is 5.09. The van der Waals surface area contributed by atoms with Crippen LogP contribution in [0, 0.1) is 0 Å². The van der Waals surface area contributed by atoms with E-state index in [2.05, 4.69) is 17.4 Å². The highest BCUT2D eigenvalue weighted by Gasteiger charge is 2.32. The summed E-state index contributed by atoms with van der Waals surface area (Å²) in [6.45, 7) is 1.61. The van der Waals surface area contributed by atoms with E-state index in [4.69, 9.17) is 4.42 Å². The minimum absolute atomic E-state index is 0. The molecule has 6 heteroatoms. The Morgan fingerprint density at radius 3 is 2.80 bits per heavy atom. The molecule has 2 aromatic rings. The molecule has 0 radical (unpaired) electrons. The normalized spacial score (nSPS) is 22.3. The monoisotopic (exact) mass is 378 g/mol. The molecule has 1 amide bonds. The predicted molar refractivity (Wildman–Crippen MR) is 102 cm³/mol. The number of carbonyl (C=O) groups is 1. The first kappa shape index (κ1) is 18.4. The van der Waals surface area contributed by atoms with Gasteiger partial charge in [0.2, 0.25) is 0 Å². The Hall–Kier alpha value is -1.43. The van der Waals surface area contributed by atoms with Crippen molar-refractivity contribution < 1.29 is 9.21 Å². The van der Waals surface area contributed by atoms with Crippen LogP contribution in [0.1, 0.15) is 35.4 Å². The van der Waals surface area contributed by atoms with Gasteiger partial charge in [0.05, 0.1) is 6.26 Å². The molecule has 2 fully saturated rings. The van der Waals surface area contributed by atoms with Crippen LogP contribution in [0.5, 0.6) is 0 Å². The average Bonchev–Trinajstić information content (AvgIpc) is 3.19. The van der Waals surface area contributed by atoms with Crippen LogP contribution in [0.2, 0.25) is 0 Å². The fraction of sp³-hybridized carbons (Fsp3) is 0.421. The Morgan fingerprint density at radius 2 is 1.96 bits per heavy atom. The first-order valence-corrected chi connectivity index (χ1v) is 9.57. The van der Waals surface area contributed by atoms with Crippen LogP contribution < -0.4 is 5.32 Å². The van der Waals surface area contributed by atoms with Crippen molar-refractivity contribution in [1.82, 2.24) is 10.2 Å². The fourth-order valence-electron chi connectivity index (χ4n) is 3.59. The Labute approximate surface area is 158 Å². The summed E-state index contributed by atoms with van der Waals surface area (Å²) in [5.74, 6) is 1.30. The van der Waals surface area contributed by atoms with E-state index < -0.39 is 0 Å². The lowest BCUT2D eigenvalue weighted by Gasteiger charge is -2.23. The van der Waals surface area contributed by atoms with Crippen molar-refractivity contribution in [3.05, 3.63) is 54.0 Å². The molecule has 134 valence electrons. The lowest BCUT2D eigenvalue weighted by Crippen LogP contribution is -2.39. The summed E-state index contributed by atoms with van der Waals surface area (Å²) in [7, 11) is 0. The molecular weight excluding hydrogens is 356 g/mol. The van der Waals surface area contributed by atoms with Crippen LogP contribution in [0.4, 0.5) is 0 Å². The first-order chi connectivity index (χ1) is 11.8. The van der Waals surface area contributed by atoms with Crippen LogP contribution in [0.15, 0.2) is 52.0 Å². The minimum Gasteiger partial charge on any atom is -0.459 e. The Balaban J connectivity index is 0.00000182. The van der Waals surface area contributed by atoms with Gasteiger partial charge in [-0.2, -0.15) is 0 Å². The minimum atomic E-state index is 0. The van der Waals surface area contributed by atoms with Gasteiger partial charge in [-0.05, 0) is 37.5 Å². The van der Waals surface area contributed by atoms with Gasteiger partial charge in [0.1, 0.15) is 0 Å². The zero-order chi connectivity index (χ0) is 16.4. The summed E-state index contributed by atoms with van der Waals surface area (Å²) in [5.41, 5.74) is 0.983. The van der Waals surface area contributed by atoms with Gasteiger partial charge in [0, 0.05) is 41.4 Å². The van der Waals surface area contributed by atoms with Gasteiger partial charge in [-0.15, -0.1) is 24.2 Å². The summed E-state index contributed by atoms with van der Waals surface area (Å²) in [5, 5.41) is 3.62. The standard InChI is InChI=1S/C19H22N2O2S.ClH/c22-19(21-10-8-15-6-7-16(12-21)20-15)18-14(9-11-23-18)13-24-17-4-2-1-3-5-17;/h1-5,9,11,15-16,20H,6-8,10,12-13H2;1H. The van der Waals surface area contributed by atoms with Gasteiger partial charge in [-0.3, -0.25) is 4.79 Å². The number of furan rings is 1. The van der Waals surface area contributed by atoms with Gasteiger partial charge >= 0.3 is 0 Å². The van der Waals surface area contributed by atoms with E-state index in [1.54, 1.807) is 18.0 Å². The molecule has 0 aliphatic carbocycles. The van der Waals surface area contributed by atoms with Crippen LogP contribution >= 0.6 is 24.2 Å². The van der Waals surface area contributed by atoms with Crippen LogP contribution in [-0.4, -0.2) is 36.0 Å². The van der Waals surface area contributed by atoms with Gasteiger partial charge in [-0.25, -0.2) is 0 Å². The number of fused-ring (bicyclic) bond motifs is 2. The molecule has 4 nitrogen and oxygen atoms in total. The maximum absolute atomic E-state index is 12.9. The molecule has 2 aliphatic rings. The van der Waals surface area contributed by atoms with Gasteiger partial charge in [0.15, 0.2) is 5.76 Å². The molecule has 1 aromatic carbocycles. The molecule has 1 N–H and O–H groups in total. The van der Waals surface area contributed by atoms with Gasteiger partial charge in [0.25, 0.3) is 5.91 Å². The van der Waals surface area contributed by atoms with Gasteiger partial charge < -0.3 is 14.6 Å². The van der Waals surface area contributed by atoms with E-state index in [9.17, 15) is 4.79 Å². The number of rotatable bonds is 4.